The van der Waals surface area contributed by atoms with Crippen molar-refractivity contribution in [1.29, 1.82) is 0 Å². The van der Waals surface area contributed by atoms with Crippen molar-refractivity contribution < 1.29 is 4.79 Å². The maximum absolute atomic E-state index is 12.6. The van der Waals surface area contributed by atoms with Crippen LogP contribution >= 0.6 is 0 Å². The predicted octanol–water partition coefficient (Wildman–Crippen LogP) is 3.12. The van der Waals surface area contributed by atoms with Gasteiger partial charge in [0.15, 0.2) is 5.65 Å². The van der Waals surface area contributed by atoms with Crippen LogP contribution in [0.15, 0.2) is 60.8 Å². The molecule has 4 aromatic rings. The van der Waals surface area contributed by atoms with Gasteiger partial charge in [0.05, 0.1) is 5.69 Å². The Kier molecular flexibility index (Phi) is 4.95. The lowest BCUT2D eigenvalue weighted by atomic mass is 10.1. The summed E-state index contributed by atoms with van der Waals surface area (Å²) in [5.41, 5.74) is 5.97. The van der Waals surface area contributed by atoms with E-state index in [2.05, 4.69) is 20.6 Å². The highest BCUT2D eigenvalue weighted by Crippen LogP contribution is 2.19. The van der Waals surface area contributed by atoms with E-state index in [1.54, 1.807) is 16.9 Å². The number of pyridine rings is 1. The van der Waals surface area contributed by atoms with Crippen molar-refractivity contribution >= 4 is 22.8 Å². The van der Waals surface area contributed by atoms with Gasteiger partial charge in [-0.3, -0.25) is 4.79 Å². The van der Waals surface area contributed by atoms with Crippen LogP contribution in [0.1, 0.15) is 21.5 Å². The number of fused-ring (bicyclic) bond motifs is 1. The molecular weight excluding hydrogens is 364 g/mol. The quantitative estimate of drug-likeness (QED) is 0.570. The summed E-state index contributed by atoms with van der Waals surface area (Å²) in [6, 6.07) is 17.3. The molecular formula is C22H22N6O. The molecule has 0 spiro atoms. The van der Waals surface area contributed by atoms with Gasteiger partial charge in [-0.05, 0) is 60.5 Å². The number of aromatic nitrogens is 4. The van der Waals surface area contributed by atoms with Crippen molar-refractivity contribution in [2.75, 3.05) is 19.0 Å². The number of nitrogens with one attached hydrogen (secondary N) is 1. The van der Waals surface area contributed by atoms with Crippen molar-refractivity contribution in [3.05, 3.63) is 77.5 Å². The first-order valence-corrected chi connectivity index (χ1v) is 9.35. The van der Waals surface area contributed by atoms with Crippen LogP contribution < -0.4 is 10.2 Å². The summed E-state index contributed by atoms with van der Waals surface area (Å²) in [7, 11) is 4.00. The number of amides is 1. The van der Waals surface area contributed by atoms with E-state index in [0.29, 0.717) is 17.8 Å². The molecule has 0 fully saturated rings. The lowest BCUT2D eigenvalue weighted by Gasteiger charge is -2.13. The molecule has 1 N–H and O–H groups in total. The lowest BCUT2D eigenvalue weighted by molar-refractivity contribution is 0.0951. The summed E-state index contributed by atoms with van der Waals surface area (Å²) in [4.78, 5) is 19.0. The first kappa shape index (κ1) is 18.6. The third kappa shape index (κ3) is 3.80. The van der Waals surface area contributed by atoms with Gasteiger partial charge in [0, 0.05) is 38.1 Å². The molecule has 0 saturated heterocycles. The summed E-state index contributed by atoms with van der Waals surface area (Å²) in [6.45, 7) is 2.42. The van der Waals surface area contributed by atoms with Crippen LogP contribution in [0.25, 0.3) is 16.9 Å². The maximum atomic E-state index is 12.6. The monoisotopic (exact) mass is 386 g/mol. The molecule has 0 bridgehead atoms. The number of rotatable bonds is 5. The van der Waals surface area contributed by atoms with Gasteiger partial charge in [0.25, 0.3) is 5.91 Å². The van der Waals surface area contributed by atoms with Crippen LogP contribution in [0.4, 0.5) is 5.69 Å². The Labute approximate surface area is 169 Å². The van der Waals surface area contributed by atoms with Gasteiger partial charge in [-0.15, -0.1) is 5.10 Å². The molecule has 146 valence electrons. The van der Waals surface area contributed by atoms with E-state index < -0.39 is 0 Å². The SMILES string of the molecule is Cc1cc(C(=O)NCc2ccc(N(C)C)cc2)ccc1-n1nnc2cccnc21. The molecule has 7 nitrogen and oxygen atoms in total. The van der Waals surface area contributed by atoms with E-state index in [0.717, 1.165) is 28.0 Å². The van der Waals surface area contributed by atoms with Crippen molar-refractivity contribution in [3.63, 3.8) is 0 Å². The Balaban J connectivity index is 1.49. The normalized spacial score (nSPS) is 10.9. The summed E-state index contributed by atoms with van der Waals surface area (Å²) in [6.07, 6.45) is 1.71. The zero-order valence-electron chi connectivity index (χ0n) is 16.6. The second-order valence-corrected chi connectivity index (χ2v) is 7.09. The Morgan fingerprint density at radius 1 is 1.10 bits per heavy atom. The molecule has 0 aliphatic carbocycles. The molecule has 0 aliphatic rings. The van der Waals surface area contributed by atoms with Crippen LogP contribution in [-0.4, -0.2) is 40.0 Å². The van der Waals surface area contributed by atoms with Crippen LogP contribution in [0, 0.1) is 6.92 Å². The number of aryl methyl sites for hydroxylation is 1. The molecule has 1 amide bonds. The van der Waals surface area contributed by atoms with Gasteiger partial charge in [-0.25, -0.2) is 4.98 Å². The molecule has 0 radical (unpaired) electrons. The standard InChI is InChI=1S/C22H22N6O/c1-15-13-17(22(29)24-14-16-6-9-18(10-7-16)27(2)3)8-11-20(15)28-21-19(25-26-28)5-4-12-23-21/h4-13H,14H2,1-3H3,(H,24,29). The van der Waals surface area contributed by atoms with Gasteiger partial charge >= 0.3 is 0 Å². The minimum atomic E-state index is -0.113. The molecule has 0 unspecified atom stereocenters. The summed E-state index contributed by atoms with van der Waals surface area (Å²) < 4.78 is 1.69. The number of carbonyl (C=O) groups is 1. The molecule has 2 heterocycles. The van der Waals surface area contributed by atoms with Crippen molar-refractivity contribution in [2.24, 2.45) is 0 Å². The topological polar surface area (TPSA) is 75.9 Å². The fourth-order valence-corrected chi connectivity index (χ4v) is 3.16. The highest BCUT2D eigenvalue weighted by molar-refractivity contribution is 5.94. The molecule has 2 aromatic carbocycles. The number of benzene rings is 2. The van der Waals surface area contributed by atoms with E-state index in [9.17, 15) is 4.79 Å². The fourth-order valence-electron chi connectivity index (χ4n) is 3.16. The average molecular weight is 386 g/mol. The van der Waals surface area contributed by atoms with Crippen molar-refractivity contribution in [2.45, 2.75) is 13.5 Å². The Morgan fingerprint density at radius 3 is 2.62 bits per heavy atom. The fraction of sp³-hybridized carbons (Fsp3) is 0.182. The molecule has 29 heavy (non-hydrogen) atoms. The van der Waals surface area contributed by atoms with E-state index in [-0.39, 0.29) is 5.91 Å². The Hall–Kier alpha value is -3.74. The molecule has 0 atom stereocenters. The molecule has 7 heteroatoms. The zero-order chi connectivity index (χ0) is 20.4. The van der Waals surface area contributed by atoms with E-state index in [1.807, 2.05) is 74.4 Å². The third-order valence-electron chi connectivity index (χ3n) is 4.80. The zero-order valence-corrected chi connectivity index (χ0v) is 16.6. The average Bonchev–Trinajstić information content (AvgIpc) is 3.16. The smallest absolute Gasteiger partial charge is 0.251 e. The van der Waals surface area contributed by atoms with Crippen LogP contribution in [-0.2, 0) is 6.54 Å². The highest BCUT2D eigenvalue weighted by Gasteiger charge is 2.12. The van der Waals surface area contributed by atoms with Gasteiger partial charge in [0.2, 0.25) is 0 Å². The summed E-state index contributed by atoms with van der Waals surface area (Å²) >= 11 is 0. The molecule has 0 saturated carbocycles. The predicted molar refractivity (Wildman–Crippen MR) is 113 cm³/mol. The second-order valence-electron chi connectivity index (χ2n) is 7.09. The van der Waals surface area contributed by atoms with E-state index in [1.165, 1.54) is 0 Å². The third-order valence-corrected chi connectivity index (χ3v) is 4.80. The number of carbonyl (C=O) groups excluding carboxylic acids is 1. The number of nitrogens with zero attached hydrogens (tertiary/aromatic N) is 5. The van der Waals surface area contributed by atoms with E-state index >= 15 is 0 Å². The molecule has 2 aromatic heterocycles. The second kappa shape index (κ2) is 7.71. The van der Waals surface area contributed by atoms with Crippen LogP contribution in [0.2, 0.25) is 0 Å². The summed E-state index contributed by atoms with van der Waals surface area (Å²) in [5.74, 6) is -0.113. The number of hydrogen-bond acceptors (Lipinski definition) is 5. The van der Waals surface area contributed by atoms with Crippen LogP contribution in [0.5, 0.6) is 0 Å². The molecule has 4 rings (SSSR count). The minimum Gasteiger partial charge on any atom is -0.378 e. The van der Waals surface area contributed by atoms with Crippen LogP contribution in [0.3, 0.4) is 0 Å². The Morgan fingerprint density at radius 2 is 1.90 bits per heavy atom. The first-order chi connectivity index (χ1) is 14.0. The summed E-state index contributed by atoms with van der Waals surface area (Å²) in [5, 5.41) is 11.3. The van der Waals surface area contributed by atoms with Gasteiger partial charge in [-0.2, -0.15) is 4.68 Å². The molecule has 0 aliphatic heterocycles. The first-order valence-electron chi connectivity index (χ1n) is 9.35. The van der Waals surface area contributed by atoms with Crippen molar-refractivity contribution in [1.82, 2.24) is 25.3 Å². The largest absolute Gasteiger partial charge is 0.378 e. The van der Waals surface area contributed by atoms with E-state index in [4.69, 9.17) is 0 Å². The minimum absolute atomic E-state index is 0.113. The van der Waals surface area contributed by atoms with Gasteiger partial charge in [-0.1, -0.05) is 17.3 Å². The maximum Gasteiger partial charge on any atom is 0.251 e. The number of anilines is 1. The lowest BCUT2D eigenvalue weighted by Crippen LogP contribution is -2.23. The van der Waals surface area contributed by atoms with Gasteiger partial charge in [0.1, 0.15) is 5.52 Å². The number of hydrogen-bond donors (Lipinski definition) is 1. The highest BCUT2D eigenvalue weighted by atomic mass is 16.1. The van der Waals surface area contributed by atoms with Gasteiger partial charge < -0.3 is 10.2 Å². The Bertz CT molecular complexity index is 1160. The van der Waals surface area contributed by atoms with Crippen molar-refractivity contribution in [3.8, 4) is 5.69 Å².